The average Bonchev–Trinajstić information content (AvgIpc) is 3.15. The van der Waals surface area contributed by atoms with Crippen LogP contribution in [0.1, 0.15) is 36.3 Å². The molecule has 0 radical (unpaired) electrons. The summed E-state index contributed by atoms with van der Waals surface area (Å²) in [5.41, 5.74) is 2.81. The molecule has 2 heterocycles. The molecular weight excluding hydrogens is 300 g/mol. The van der Waals surface area contributed by atoms with E-state index in [-0.39, 0.29) is 6.04 Å². The SMILES string of the molecule is CCc1ccc([C@@H]2CC(c3ccco3)=NN2S(C)(=O)=O)cc1. The zero-order valence-corrected chi connectivity index (χ0v) is 13.4. The molecule has 0 unspecified atom stereocenters. The summed E-state index contributed by atoms with van der Waals surface area (Å²) in [5.74, 6) is 0.612. The summed E-state index contributed by atoms with van der Waals surface area (Å²) < 4.78 is 30.6. The highest BCUT2D eigenvalue weighted by atomic mass is 32.2. The van der Waals surface area contributed by atoms with Crippen LogP contribution in [0.15, 0.2) is 52.2 Å². The predicted molar refractivity (Wildman–Crippen MR) is 85.1 cm³/mol. The van der Waals surface area contributed by atoms with Crippen molar-refractivity contribution in [2.24, 2.45) is 5.10 Å². The monoisotopic (exact) mass is 318 g/mol. The highest BCUT2D eigenvalue weighted by molar-refractivity contribution is 7.88. The van der Waals surface area contributed by atoms with E-state index in [1.807, 2.05) is 24.3 Å². The lowest BCUT2D eigenvalue weighted by Crippen LogP contribution is -2.25. The van der Waals surface area contributed by atoms with Gasteiger partial charge in [0.05, 0.1) is 18.6 Å². The van der Waals surface area contributed by atoms with E-state index in [9.17, 15) is 8.42 Å². The maximum Gasteiger partial charge on any atom is 0.247 e. The quantitative estimate of drug-likeness (QED) is 0.870. The van der Waals surface area contributed by atoms with Gasteiger partial charge in [-0.05, 0) is 29.7 Å². The van der Waals surface area contributed by atoms with E-state index in [4.69, 9.17) is 4.42 Å². The van der Waals surface area contributed by atoms with Crippen LogP contribution in [0.4, 0.5) is 0 Å². The number of sulfonamides is 1. The third-order valence-electron chi connectivity index (χ3n) is 3.79. The molecule has 1 aromatic heterocycles. The molecule has 0 saturated carbocycles. The Morgan fingerprint density at radius 1 is 1.27 bits per heavy atom. The van der Waals surface area contributed by atoms with Gasteiger partial charge in [-0.2, -0.15) is 9.52 Å². The molecule has 0 saturated heterocycles. The molecule has 0 amide bonds. The van der Waals surface area contributed by atoms with Crippen molar-refractivity contribution >= 4 is 15.7 Å². The van der Waals surface area contributed by atoms with E-state index in [1.165, 1.54) is 16.2 Å². The lowest BCUT2D eigenvalue weighted by Gasteiger charge is -2.21. The largest absolute Gasteiger partial charge is 0.463 e. The average molecular weight is 318 g/mol. The third kappa shape index (κ3) is 2.78. The van der Waals surface area contributed by atoms with Gasteiger partial charge in [-0.3, -0.25) is 0 Å². The Hall–Kier alpha value is -2.08. The Morgan fingerprint density at radius 2 is 2.00 bits per heavy atom. The Labute approximate surface area is 130 Å². The van der Waals surface area contributed by atoms with Gasteiger partial charge >= 0.3 is 0 Å². The topological polar surface area (TPSA) is 62.9 Å². The summed E-state index contributed by atoms with van der Waals surface area (Å²) in [6.07, 6.45) is 4.20. The Bertz CT molecular complexity index is 777. The smallest absolute Gasteiger partial charge is 0.247 e. The van der Waals surface area contributed by atoms with E-state index in [2.05, 4.69) is 12.0 Å². The van der Waals surface area contributed by atoms with E-state index in [0.717, 1.165) is 12.0 Å². The number of nitrogens with zero attached hydrogens (tertiary/aromatic N) is 2. The molecule has 0 aliphatic carbocycles. The van der Waals surface area contributed by atoms with Crippen LogP contribution in [0.5, 0.6) is 0 Å². The van der Waals surface area contributed by atoms with Crippen LogP contribution in [0.25, 0.3) is 0 Å². The Kier molecular flexibility index (Phi) is 3.78. The minimum Gasteiger partial charge on any atom is -0.463 e. The zero-order chi connectivity index (χ0) is 15.7. The molecule has 3 rings (SSSR count). The van der Waals surface area contributed by atoms with Gasteiger partial charge in [0.15, 0.2) is 0 Å². The molecule has 0 bridgehead atoms. The minimum absolute atomic E-state index is 0.319. The summed E-state index contributed by atoms with van der Waals surface area (Å²) in [7, 11) is -3.44. The van der Waals surface area contributed by atoms with Gasteiger partial charge < -0.3 is 4.42 Å². The second-order valence-electron chi connectivity index (χ2n) is 5.37. The molecule has 116 valence electrons. The van der Waals surface area contributed by atoms with Crippen molar-refractivity contribution in [3.8, 4) is 0 Å². The van der Waals surface area contributed by atoms with Gasteiger partial charge in [0, 0.05) is 6.42 Å². The first-order valence-corrected chi connectivity index (χ1v) is 9.03. The van der Waals surface area contributed by atoms with Crippen LogP contribution in [0.3, 0.4) is 0 Å². The van der Waals surface area contributed by atoms with Crippen LogP contribution in [-0.4, -0.2) is 24.8 Å². The van der Waals surface area contributed by atoms with Crippen molar-refractivity contribution in [1.82, 2.24) is 4.41 Å². The molecule has 1 atom stereocenters. The molecule has 0 N–H and O–H groups in total. The standard InChI is InChI=1S/C16H18N2O3S/c1-3-12-6-8-13(9-7-12)15-11-14(16-5-4-10-21-16)17-18(15)22(2,19)20/h4-10,15H,3,11H2,1-2H3/t15-/m0/s1. The number of benzene rings is 1. The van der Waals surface area contributed by atoms with Crippen molar-refractivity contribution in [2.75, 3.05) is 6.26 Å². The first-order chi connectivity index (χ1) is 10.5. The Balaban J connectivity index is 1.96. The van der Waals surface area contributed by atoms with Crippen molar-refractivity contribution in [1.29, 1.82) is 0 Å². The Morgan fingerprint density at radius 3 is 2.55 bits per heavy atom. The van der Waals surface area contributed by atoms with Crippen LogP contribution in [0, 0.1) is 0 Å². The highest BCUT2D eigenvalue weighted by Gasteiger charge is 2.35. The van der Waals surface area contributed by atoms with Gasteiger partial charge in [0.25, 0.3) is 0 Å². The molecule has 1 aliphatic heterocycles. The van der Waals surface area contributed by atoms with Gasteiger partial charge in [0.2, 0.25) is 10.0 Å². The summed E-state index contributed by atoms with van der Waals surface area (Å²) in [6, 6.07) is 11.3. The molecule has 1 aliphatic rings. The lowest BCUT2D eigenvalue weighted by molar-refractivity contribution is 0.375. The highest BCUT2D eigenvalue weighted by Crippen LogP contribution is 2.34. The van der Waals surface area contributed by atoms with E-state index < -0.39 is 10.0 Å². The van der Waals surface area contributed by atoms with Crippen molar-refractivity contribution in [2.45, 2.75) is 25.8 Å². The molecule has 0 spiro atoms. The lowest BCUT2D eigenvalue weighted by atomic mass is 10.00. The summed E-state index contributed by atoms with van der Waals surface area (Å²) >= 11 is 0. The molecule has 5 nitrogen and oxygen atoms in total. The number of aryl methyl sites for hydroxylation is 1. The maximum atomic E-state index is 12.0. The fourth-order valence-corrected chi connectivity index (χ4v) is 3.51. The van der Waals surface area contributed by atoms with Gasteiger partial charge in [-0.25, -0.2) is 8.42 Å². The molecule has 2 aromatic rings. The van der Waals surface area contributed by atoms with Crippen molar-refractivity contribution in [3.63, 3.8) is 0 Å². The molecule has 1 aromatic carbocycles. The fourth-order valence-electron chi connectivity index (χ4n) is 2.61. The van der Waals surface area contributed by atoms with E-state index in [1.54, 1.807) is 18.4 Å². The summed E-state index contributed by atoms with van der Waals surface area (Å²) in [5, 5.41) is 4.27. The number of hydrogen-bond acceptors (Lipinski definition) is 4. The number of hydrazone groups is 1. The second-order valence-corrected chi connectivity index (χ2v) is 7.21. The van der Waals surface area contributed by atoms with Crippen molar-refractivity contribution < 1.29 is 12.8 Å². The van der Waals surface area contributed by atoms with Crippen molar-refractivity contribution in [3.05, 3.63) is 59.5 Å². The molecule has 0 fully saturated rings. The molecule has 22 heavy (non-hydrogen) atoms. The maximum absolute atomic E-state index is 12.0. The zero-order valence-electron chi connectivity index (χ0n) is 12.6. The fraction of sp³-hybridized carbons (Fsp3) is 0.312. The van der Waals surface area contributed by atoms with Crippen LogP contribution in [-0.2, 0) is 16.4 Å². The van der Waals surface area contributed by atoms with Crippen LogP contribution in [0.2, 0.25) is 0 Å². The predicted octanol–water partition coefficient (Wildman–Crippen LogP) is 2.95. The first-order valence-electron chi connectivity index (χ1n) is 7.18. The van der Waals surface area contributed by atoms with E-state index >= 15 is 0 Å². The summed E-state index contributed by atoms with van der Waals surface area (Å²) in [6.45, 7) is 2.09. The third-order valence-corrected chi connectivity index (χ3v) is 4.81. The van der Waals surface area contributed by atoms with Gasteiger partial charge in [-0.1, -0.05) is 31.2 Å². The van der Waals surface area contributed by atoms with E-state index in [0.29, 0.717) is 17.9 Å². The number of hydrogen-bond donors (Lipinski definition) is 0. The van der Waals surface area contributed by atoms with Gasteiger partial charge in [-0.15, -0.1) is 0 Å². The van der Waals surface area contributed by atoms with Crippen LogP contribution < -0.4 is 0 Å². The van der Waals surface area contributed by atoms with Crippen LogP contribution >= 0.6 is 0 Å². The van der Waals surface area contributed by atoms with Gasteiger partial charge in [0.1, 0.15) is 11.5 Å². The summed E-state index contributed by atoms with van der Waals surface area (Å²) in [4.78, 5) is 0. The normalized spacial score (nSPS) is 18.5. The number of furan rings is 1. The second kappa shape index (κ2) is 5.61. The number of rotatable bonds is 4. The molecular formula is C16H18N2O3S. The first kappa shape index (κ1) is 14.8. The minimum atomic E-state index is -3.44. The molecule has 6 heteroatoms.